The van der Waals surface area contributed by atoms with Gasteiger partial charge in [0.1, 0.15) is 0 Å². The number of hydrogen-bond acceptors (Lipinski definition) is 3. The number of rotatable bonds is 3. The van der Waals surface area contributed by atoms with Crippen LogP contribution in [-0.4, -0.2) is 4.98 Å². The van der Waals surface area contributed by atoms with Crippen molar-refractivity contribution in [3.05, 3.63) is 152 Å². The van der Waals surface area contributed by atoms with Crippen LogP contribution in [0.3, 0.4) is 0 Å². The lowest BCUT2D eigenvalue weighted by molar-refractivity contribution is 1.43. The molecule has 0 aliphatic rings. The molecule has 3 heterocycles. The fraction of sp³-hybridized carbons (Fsp3) is 0. The summed E-state index contributed by atoms with van der Waals surface area (Å²) in [6.45, 7) is 0. The first kappa shape index (κ1) is 25.9. The van der Waals surface area contributed by atoms with Gasteiger partial charge in [-0.15, -0.1) is 22.7 Å². The molecule has 10 aromatic rings. The van der Waals surface area contributed by atoms with Gasteiger partial charge in [0.15, 0.2) is 0 Å². The summed E-state index contributed by atoms with van der Waals surface area (Å²) < 4.78 is 5.30. The van der Waals surface area contributed by atoms with Gasteiger partial charge in [-0.05, 0) is 99.4 Å². The highest BCUT2D eigenvalue weighted by atomic mass is 32.1. The van der Waals surface area contributed by atoms with Gasteiger partial charge in [-0.3, -0.25) is 4.98 Å². The molecule has 46 heavy (non-hydrogen) atoms. The first-order chi connectivity index (χ1) is 22.8. The highest BCUT2D eigenvalue weighted by molar-refractivity contribution is 7.26. The van der Waals surface area contributed by atoms with E-state index >= 15 is 0 Å². The Morgan fingerprint density at radius 1 is 0.370 bits per heavy atom. The van der Waals surface area contributed by atoms with Crippen LogP contribution >= 0.6 is 22.7 Å². The van der Waals surface area contributed by atoms with Crippen LogP contribution in [0.2, 0.25) is 0 Å². The fourth-order valence-electron chi connectivity index (χ4n) is 7.08. The maximum Gasteiger partial charge on any atom is 0.0786 e. The molecule has 214 valence electrons. The summed E-state index contributed by atoms with van der Waals surface area (Å²) in [5.74, 6) is 0. The van der Waals surface area contributed by atoms with Gasteiger partial charge in [-0.25, -0.2) is 0 Å². The van der Waals surface area contributed by atoms with E-state index in [1.165, 1.54) is 84.5 Å². The SMILES string of the molecule is c1cnc2c(c1)ccc1cccc(-c3cc(-c4ccc5sc6ccccc6c5c4)cc(-c4ccc5sc6ccccc6c5c4)c3)c12. The van der Waals surface area contributed by atoms with Gasteiger partial charge in [0, 0.05) is 57.3 Å². The van der Waals surface area contributed by atoms with Crippen molar-refractivity contribution < 1.29 is 0 Å². The average molecular weight is 620 g/mol. The predicted molar refractivity (Wildman–Crippen MR) is 201 cm³/mol. The summed E-state index contributed by atoms with van der Waals surface area (Å²) in [6.07, 6.45) is 1.90. The molecular formula is C43H25NS2. The van der Waals surface area contributed by atoms with Gasteiger partial charge in [0.25, 0.3) is 0 Å². The van der Waals surface area contributed by atoms with Crippen molar-refractivity contribution in [2.75, 3.05) is 0 Å². The van der Waals surface area contributed by atoms with E-state index in [2.05, 4.69) is 140 Å². The monoisotopic (exact) mass is 619 g/mol. The maximum absolute atomic E-state index is 4.87. The second-order valence-corrected chi connectivity index (χ2v) is 14.1. The molecule has 0 atom stereocenters. The number of hydrogen-bond donors (Lipinski definition) is 0. The number of aromatic nitrogens is 1. The average Bonchev–Trinajstić information content (AvgIpc) is 3.68. The van der Waals surface area contributed by atoms with E-state index in [1.54, 1.807) is 0 Å². The van der Waals surface area contributed by atoms with Crippen molar-refractivity contribution in [2.45, 2.75) is 0 Å². The molecule has 10 rings (SSSR count). The Labute approximate surface area is 273 Å². The predicted octanol–water partition coefficient (Wildman–Crippen LogP) is 13.1. The van der Waals surface area contributed by atoms with Crippen LogP contribution in [0.5, 0.6) is 0 Å². The highest BCUT2D eigenvalue weighted by Crippen LogP contribution is 2.42. The Bertz CT molecular complexity index is 2690. The second kappa shape index (κ2) is 10.1. The standard InChI is InChI=1S/C43H25NS2/c1-3-12-38-34(9-1)36-24-28(16-18-40(36)45-38)30-21-31(29-17-19-41-37(25-29)35-10-2-4-13-39(35)46-41)23-32(22-30)33-11-5-7-26-14-15-27-8-6-20-44-43(27)42(26)33/h1-25H. The Hall–Kier alpha value is -5.35. The van der Waals surface area contributed by atoms with Crippen molar-refractivity contribution in [2.24, 2.45) is 0 Å². The summed E-state index contributed by atoms with van der Waals surface area (Å²) in [5.41, 5.74) is 8.32. The third kappa shape index (κ3) is 4.03. The number of benzene rings is 7. The van der Waals surface area contributed by atoms with Crippen LogP contribution in [0.1, 0.15) is 0 Å². The van der Waals surface area contributed by atoms with Crippen LogP contribution in [-0.2, 0) is 0 Å². The number of thiophene rings is 2. The van der Waals surface area contributed by atoms with Gasteiger partial charge in [0.2, 0.25) is 0 Å². The van der Waals surface area contributed by atoms with E-state index in [0.29, 0.717) is 0 Å². The molecule has 0 bridgehead atoms. The van der Waals surface area contributed by atoms with Crippen molar-refractivity contribution in [1.82, 2.24) is 4.98 Å². The minimum absolute atomic E-state index is 1.04. The molecule has 1 nitrogen and oxygen atoms in total. The summed E-state index contributed by atoms with van der Waals surface area (Å²) in [7, 11) is 0. The molecular weight excluding hydrogens is 595 g/mol. The van der Waals surface area contributed by atoms with E-state index in [4.69, 9.17) is 4.98 Å². The normalized spacial score (nSPS) is 11.9. The summed E-state index contributed by atoms with van der Waals surface area (Å²) >= 11 is 3.73. The van der Waals surface area contributed by atoms with Crippen LogP contribution in [0, 0.1) is 0 Å². The summed E-state index contributed by atoms with van der Waals surface area (Å²) in [5, 5.41) is 8.83. The van der Waals surface area contributed by atoms with Crippen molar-refractivity contribution >= 4 is 84.7 Å². The zero-order chi connectivity index (χ0) is 30.2. The molecule has 0 fully saturated rings. The highest BCUT2D eigenvalue weighted by Gasteiger charge is 2.15. The van der Waals surface area contributed by atoms with Crippen LogP contribution < -0.4 is 0 Å². The Balaban J connectivity index is 1.25. The van der Waals surface area contributed by atoms with E-state index < -0.39 is 0 Å². The topological polar surface area (TPSA) is 12.9 Å². The second-order valence-electron chi connectivity index (χ2n) is 12.0. The fourth-order valence-corrected chi connectivity index (χ4v) is 9.26. The minimum Gasteiger partial charge on any atom is -0.256 e. The zero-order valence-electron chi connectivity index (χ0n) is 24.7. The molecule has 0 aliphatic heterocycles. The molecule has 0 spiro atoms. The summed E-state index contributed by atoms with van der Waals surface area (Å²) in [4.78, 5) is 4.87. The molecule has 0 saturated carbocycles. The Morgan fingerprint density at radius 2 is 0.935 bits per heavy atom. The van der Waals surface area contributed by atoms with Crippen molar-refractivity contribution in [3.63, 3.8) is 0 Å². The molecule has 3 aromatic heterocycles. The molecule has 0 amide bonds. The molecule has 0 saturated heterocycles. The maximum atomic E-state index is 4.87. The van der Waals surface area contributed by atoms with Gasteiger partial charge in [0.05, 0.1) is 5.52 Å². The van der Waals surface area contributed by atoms with Crippen molar-refractivity contribution in [3.8, 4) is 33.4 Å². The molecule has 0 aliphatic carbocycles. The smallest absolute Gasteiger partial charge is 0.0786 e. The van der Waals surface area contributed by atoms with Gasteiger partial charge in [-0.2, -0.15) is 0 Å². The Kier molecular flexibility index (Phi) is 5.68. The minimum atomic E-state index is 1.04. The molecule has 3 heteroatoms. The number of fused-ring (bicyclic) bond motifs is 9. The lowest BCUT2D eigenvalue weighted by Crippen LogP contribution is -1.89. The van der Waals surface area contributed by atoms with E-state index in [1.807, 2.05) is 34.9 Å². The largest absolute Gasteiger partial charge is 0.256 e. The lowest BCUT2D eigenvalue weighted by Gasteiger charge is -2.14. The molecule has 0 N–H and O–H groups in total. The molecule has 0 unspecified atom stereocenters. The summed E-state index contributed by atoms with van der Waals surface area (Å²) in [6, 6.07) is 53.7. The third-order valence-electron chi connectivity index (χ3n) is 9.28. The van der Waals surface area contributed by atoms with Crippen LogP contribution in [0.15, 0.2) is 152 Å². The number of pyridine rings is 1. The quantitative estimate of drug-likeness (QED) is 0.179. The first-order valence-corrected chi connectivity index (χ1v) is 17.2. The van der Waals surface area contributed by atoms with Crippen LogP contribution in [0.25, 0.3) is 95.4 Å². The molecule has 7 aromatic carbocycles. The first-order valence-electron chi connectivity index (χ1n) is 15.5. The van der Waals surface area contributed by atoms with E-state index in [-0.39, 0.29) is 0 Å². The van der Waals surface area contributed by atoms with Crippen LogP contribution in [0.4, 0.5) is 0 Å². The molecule has 0 radical (unpaired) electrons. The van der Waals surface area contributed by atoms with Crippen molar-refractivity contribution in [1.29, 1.82) is 0 Å². The van der Waals surface area contributed by atoms with Gasteiger partial charge >= 0.3 is 0 Å². The van der Waals surface area contributed by atoms with E-state index in [0.717, 1.165) is 10.9 Å². The van der Waals surface area contributed by atoms with Gasteiger partial charge < -0.3 is 0 Å². The number of nitrogens with zero attached hydrogens (tertiary/aromatic N) is 1. The third-order valence-corrected chi connectivity index (χ3v) is 11.6. The Morgan fingerprint density at radius 3 is 1.61 bits per heavy atom. The lowest BCUT2D eigenvalue weighted by atomic mass is 9.90. The zero-order valence-corrected chi connectivity index (χ0v) is 26.3. The van der Waals surface area contributed by atoms with E-state index in [9.17, 15) is 0 Å². The van der Waals surface area contributed by atoms with Gasteiger partial charge in [-0.1, -0.05) is 84.9 Å².